The van der Waals surface area contributed by atoms with E-state index >= 15 is 0 Å². The summed E-state index contributed by atoms with van der Waals surface area (Å²) in [5.74, 6) is -2.05. The summed E-state index contributed by atoms with van der Waals surface area (Å²) < 4.78 is 5.07. The number of primary amides is 1. The number of carbonyl (C=O) groups is 2. The van der Waals surface area contributed by atoms with Crippen molar-refractivity contribution in [3.05, 3.63) is 35.2 Å². The second kappa shape index (κ2) is 7.12. The van der Waals surface area contributed by atoms with Crippen molar-refractivity contribution in [2.45, 2.75) is 0 Å². The molecule has 2 rings (SSSR count). The molecule has 1 aromatic heterocycles. The number of benzene rings is 1. The van der Waals surface area contributed by atoms with Crippen LogP contribution in [0.4, 0.5) is 0 Å². The summed E-state index contributed by atoms with van der Waals surface area (Å²) in [6.45, 7) is 0. The lowest BCUT2D eigenvalue weighted by molar-refractivity contribution is -0.148. The summed E-state index contributed by atoms with van der Waals surface area (Å²) in [7, 11) is 1.66. The molecule has 0 radical (unpaired) electrons. The second-order valence-electron chi connectivity index (χ2n) is 3.27. The summed E-state index contributed by atoms with van der Waals surface area (Å²) in [6, 6.07) is 7.89. The number of methoxy groups -OCH3 is 1. The van der Waals surface area contributed by atoms with Crippen LogP contribution in [-0.4, -0.2) is 29.1 Å². The van der Waals surface area contributed by atoms with E-state index in [1.54, 1.807) is 18.4 Å². The number of nitrogens with zero attached hydrogens (tertiary/aromatic N) is 1. The number of carbonyl (C=O) groups excluding carboxylic acids is 1. The van der Waals surface area contributed by atoms with Crippen LogP contribution >= 0.6 is 11.3 Å². The van der Waals surface area contributed by atoms with E-state index in [0.29, 0.717) is 0 Å². The average Bonchev–Trinajstić information content (AvgIpc) is 2.93. The highest BCUT2D eigenvalue weighted by atomic mass is 32.1. The lowest BCUT2D eigenvalue weighted by Gasteiger charge is -1.99. The van der Waals surface area contributed by atoms with E-state index in [9.17, 15) is 9.59 Å². The van der Waals surface area contributed by atoms with Gasteiger partial charge in [0.15, 0.2) is 0 Å². The Morgan fingerprint density at radius 1 is 1.32 bits per heavy atom. The minimum absolute atomic E-state index is 0.874. The zero-order valence-corrected chi connectivity index (χ0v) is 10.9. The second-order valence-corrected chi connectivity index (χ2v) is 3.99. The molecule has 0 bridgehead atoms. The van der Waals surface area contributed by atoms with Crippen molar-refractivity contribution in [2.75, 3.05) is 7.11 Å². The molecule has 6 nitrogen and oxygen atoms in total. The molecule has 7 heteroatoms. The largest absolute Gasteiger partial charge is 0.497 e. The Balaban J connectivity index is 0.000000258. The maximum atomic E-state index is 9.32. The number of aromatic nitrogens is 1. The third-order valence-corrected chi connectivity index (χ3v) is 2.62. The van der Waals surface area contributed by atoms with E-state index < -0.39 is 11.9 Å². The first-order chi connectivity index (χ1) is 9.04. The Bertz CT molecular complexity index is 525. The van der Waals surface area contributed by atoms with Crippen molar-refractivity contribution in [3.8, 4) is 17.0 Å². The van der Waals surface area contributed by atoms with Crippen LogP contribution in [0, 0.1) is 0 Å². The van der Waals surface area contributed by atoms with Crippen LogP contribution in [0.15, 0.2) is 35.2 Å². The summed E-state index contributed by atoms with van der Waals surface area (Å²) in [5.41, 5.74) is 8.18. The topological polar surface area (TPSA) is 103 Å². The van der Waals surface area contributed by atoms with Crippen molar-refractivity contribution in [1.29, 1.82) is 0 Å². The molecule has 0 saturated carbocycles. The van der Waals surface area contributed by atoms with Crippen LogP contribution in [0.25, 0.3) is 11.3 Å². The van der Waals surface area contributed by atoms with Crippen LogP contribution in [0.5, 0.6) is 5.75 Å². The van der Waals surface area contributed by atoms with Gasteiger partial charge in [0.25, 0.3) is 0 Å². The third-order valence-electron chi connectivity index (χ3n) is 2.03. The van der Waals surface area contributed by atoms with Crippen LogP contribution in [-0.2, 0) is 9.59 Å². The average molecular weight is 280 g/mol. The third kappa shape index (κ3) is 4.76. The number of hydrogen-bond donors (Lipinski definition) is 2. The van der Waals surface area contributed by atoms with Gasteiger partial charge < -0.3 is 15.6 Å². The van der Waals surface area contributed by atoms with Gasteiger partial charge in [-0.25, -0.2) is 9.78 Å². The SMILES string of the molecule is COc1ccc(-c2cscn2)cc1.NC(=O)C(=O)O. The van der Waals surface area contributed by atoms with Gasteiger partial charge in [-0.2, -0.15) is 0 Å². The number of carboxylic acids is 1. The first-order valence-electron chi connectivity index (χ1n) is 5.10. The van der Waals surface area contributed by atoms with E-state index in [4.69, 9.17) is 9.84 Å². The van der Waals surface area contributed by atoms with E-state index in [-0.39, 0.29) is 0 Å². The first-order valence-corrected chi connectivity index (χ1v) is 6.04. The Morgan fingerprint density at radius 2 is 1.89 bits per heavy atom. The lowest BCUT2D eigenvalue weighted by atomic mass is 10.2. The number of aliphatic carboxylic acids is 1. The molecule has 0 fully saturated rings. The summed E-state index contributed by atoms with van der Waals surface area (Å²) in [4.78, 5) is 22.8. The van der Waals surface area contributed by atoms with E-state index in [2.05, 4.69) is 10.7 Å². The summed E-state index contributed by atoms with van der Waals surface area (Å²) in [5, 5.41) is 9.55. The molecule has 0 aliphatic carbocycles. The van der Waals surface area contributed by atoms with Crippen molar-refractivity contribution in [1.82, 2.24) is 4.98 Å². The molecule has 0 aliphatic heterocycles. The van der Waals surface area contributed by atoms with Gasteiger partial charge in [-0.3, -0.25) is 4.79 Å². The zero-order chi connectivity index (χ0) is 14.3. The highest BCUT2D eigenvalue weighted by molar-refractivity contribution is 7.07. The van der Waals surface area contributed by atoms with Gasteiger partial charge in [-0.15, -0.1) is 11.3 Å². The molecule has 0 atom stereocenters. The highest BCUT2D eigenvalue weighted by Crippen LogP contribution is 2.21. The molecule has 0 unspecified atom stereocenters. The smallest absolute Gasteiger partial charge is 0.394 e. The number of rotatable bonds is 2. The molecule has 1 heterocycles. The first kappa shape index (κ1) is 14.7. The molecule has 1 aromatic carbocycles. The fourth-order valence-corrected chi connectivity index (χ4v) is 1.68. The quantitative estimate of drug-likeness (QED) is 0.809. The van der Waals surface area contributed by atoms with Crippen molar-refractivity contribution < 1.29 is 19.4 Å². The van der Waals surface area contributed by atoms with Crippen molar-refractivity contribution in [3.63, 3.8) is 0 Å². The molecular formula is C12H12N2O4S. The standard InChI is InChI=1S/C10H9NOS.C2H3NO3/c1-12-9-4-2-8(3-5-9)10-6-13-7-11-10;3-1(4)2(5)6/h2-7H,1H3;(H2,3,4)(H,5,6). The van der Waals surface area contributed by atoms with Crippen LogP contribution < -0.4 is 10.5 Å². The van der Waals surface area contributed by atoms with Gasteiger partial charge in [0, 0.05) is 10.9 Å². The minimum atomic E-state index is -1.60. The van der Waals surface area contributed by atoms with Gasteiger partial charge in [0.05, 0.1) is 18.3 Å². The monoisotopic (exact) mass is 280 g/mol. The minimum Gasteiger partial charge on any atom is -0.497 e. The molecule has 0 saturated heterocycles. The van der Waals surface area contributed by atoms with Gasteiger partial charge in [0.2, 0.25) is 0 Å². The van der Waals surface area contributed by atoms with Gasteiger partial charge in [-0.1, -0.05) is 0 Å². The fourth-order valence-electron chi connectivity index (χ4n) is 1.12. The van der Waals surface area contributed by atoms with Crippen LogP contribution in [0.3, 0.4) is 0 Å². The Labute approximate surface area is 113 Å². The highest BCUT2D eigenvalue weighted by Gasteiger charge is 2.00. The number of ether oxygens (including phenoxy) is 1. The number of nitrogens with two attached hydrogens (primary N) is 1. The van der Waals surface area contributed by atoms with E-state index in [1.165, 1.54) is 0 Å². The number of hydrogen-bond acceptors (Lipinski definition) is 5. The fraction of sp³-hybridized carbons (Fsp3) is 0.0833. The van der Waals surface area contributed by atoms with Gasteiger partial charge >= 0.3 is 11.9 Å². The summed E-state index contributed by atoms with van der Waals surface area (Å²) in [6.07, 6.45) is 0. The molecule has 0 spiro atoms. The molecule has 19 heavy (non-hydrogen) atoms. The molecule has 2 aromatic rings. The Hall–Kier alpha value is -2.41. The molecule has 1 amide bonds. The van der Waals surface area contributed by atoms with Crippen LogP contribution in [0.2, 0.25) is 0 Å². The normalized spacial score (nSPS) is 9.11. The predicted octanol–water partition coefficient (Wildman–Crippen LogP) is 1.37. The zero-order valence-electron chi connectivity index (χ0n) is 10.1. The molecule has 0 aliphatic rings. The lowest BCUT2D eigenvalue weighted by Crippen LogP contribution is -2.21. The number of carboxylic acid groups (broad SMARTS) is 1. The number of thiazole rings is 1. The Kier molecular flexibility index (Phi) is 5.49. The van der Waals surface area contributed by atoms with Crippen molar-refractivity contribution in [2.24, 2.45) is 5.73 Å². The van der Waals surface area contributed by atoms with Gasteiger partial charge in [-0.05, 0) is 24.3 Å². The number of amides is 1. The van der Waals surface area contributed by atoms with E-state index in [1.807, 2.05) is 35.2 Å². The summed E-state index contributed by atoms with van der Waals surface area (Å²) >= 11 is 1.60. The van der Waals surface area contributed by atoms with Crippen LogP contribution in [0.1, 0.15) is 0 Å². The molecule has 3 N–H and O–H groups in total. The van der Waals surface area contributed by atoms with E-state index in [0.717, 1.165) is 17.0 Å². The maximum Gasteiger partial charge on any atom is 0.394 e. The predicted molar refractivity (Wildman–Crippen MR) is 70.9 cm³/mol. The Morgan fingerprint density at radius 3 is 2.26 bits per heavy atom. The van der Waals surface area contributed by atoms with Crippen molar-refractivity contribution >= 4 is 23.2 Å². The maximum absolute atomic E-state index is 9.32. The van der Waals surface area contributed by atoms with Gasteiger partial charge in [0.1, 0.15) is 5.75 Å². The molecular weight excluding hydrogens is 268 g/mol. The molecule has 100 valence electrons.